The smallest absolute Gasteiger partial charge is 0.229 e. The van der Waals surface area contributed by atoms with Gasteiger partial charge in [-0.2, -0.15) is 10.2 Å². The molecule has 3 rings (SSSR count). The van der Waals surface area contributed by atoms with Gasteiger partial charge in [-0.3, -0.25) is 4.98 Å². The van der Waals surface area contributed by atoms with E-state index < -0.39 is 0 Å². The molecule has 2 heterocycles. The number of nitrogens with one attached hydrogen (secondary N) is 1. The van der Waals surface area contributed by atoms with E-state index in [1.165, 1.54) is 5.56 Å². The van der Waals surface area contributed by atoms with Crippen LogP contribution in [0.25, 0.3) is 0 Å². The number of aryl methyl sites for hydroxylation is 1. The second-order valence-corrected chi connectivity index (χ2v) is 6.00. The summed E-state index contributed by atoms with van der Waals surface area (Å²) in [6.07, 6.45) is 4.51. The van der Waals surface area contributed by atoms with Crippen LogP contribution in [0, 0.1) is 18.3 Å². The highest BCUT2D eigenvalue weighted by Crippen LogP contribution is 2.20. The lowest BCUT2D eigenvalue weighted by Gasteiger charge is -2.19. The number of likely N-dealkylation sites (N-methyl/N-ethyl adjacent to an activating group) is 1. The van der Waals surface area contributed by atoms with Crippen molar-refractivity contribution in [3.63, 3.8) is 0 Å². The van der Waals surface area contributed by atoms with Crippen molar-refractivity contribution in [3.05, 3.63) is 71.7 Å². The minimum Gasteiger partial charge on any atom is -0.359 e. The first-order valence-corrected chi connectivity index (χ1v) is 8.37. The fraction of sp³-hybridized carbons (Fsp3) is 0.200. The van der Waals surface area contributed by atoms with E-state index in [1.54, 1.807) is 18.5 Å². The predicted molar refractivity (Wildman–Crippen MR) is 102 cm³/mol. The SMILES string of the molecule is Cc1cc(N(C)CCc2ccncc2)nc(Nc2ccccc2C#N)n1. The lowest BCUT2D eigenvalue weighted by Crippen LogP contribution is -2.22. The molecule has 0 aliphatic heterocycles. The molecule has 130 valence electrons. The van der Waals surface area contributed by atoms with Gasteiger partial charge in [-0.25, -0.2) is 4.98 Å². The standard InChI is InChI=1S/C20H20N6/c1-15-13-19(26(2)12-9-16-7-10-22-11-8-16)25-20(23-15)24-18-6-4-3-5-17(18)14-21/h3-8,10-11,13H,9,12H2,1-2H3,(H,23,24,25). The summed E-state index contributed by atoms with van der Waals surface area (Å²) in [7, 11) is 2.01. The van der Waals surface area contributed by atoms with Gasteiger partial charge >= 0.3 is 0 Å². The zero-order valence-electron chi connectivity index (χ0n) is 14.8. The van der Waals surface area contributed by atoms with Gasteiger partial charge in [0, 0.05) is 37.7 Å². The number of rotatable bonds is 6. The molecule has 6 heteroatoms. The van der Waals surface area contributed by atoms with Crippen LogP contribution in [-0.4, -0.2) is 28.5 Å². The number of hydrogen-bond donors (Lipinski definition) is 1. The Morgan fingerprint density at radius 1 is 1.12 bits per heavy atom. The maximum absolute atomic E-state index is 9.23. The molecule has 0 saturated carbocycles. The number of hydrogen-bond acceptors (Lipinski definition) is 6. The molecule has 0 fully saturated rings. The van der Waals surface area contributed by atoms with E-state index >= 15 is 0 Å². The van der Waals surface area contributed by atoms with E-state index in [0.29, 0.717) is 17.2 Å². The van der Waals surface area contributed by atoms with Crippen molar-refractivity contribution in [2.45, 2.75) is 13.3 Å². The van der Waals surface area contributed by atoms with Gasteiger partial charge in [0.05, 0.1) is 11.3 Å². The number of nitrogens with zero attached hydrogens (tertiary/aromatic N) is 5. The summed E-state index contributed by atoms with van der Waals surface area (Å²) >= 11 is 0. The van der Waals surface area contributed by atoms with Crippen LogP contribution in [0.4, 0.5) is 17.5 Å². The molecule has 26 heavy (non-hydrogen) atoms. The Balaban J connectivity index is 1.75. The summed E-state index contributed by atoms with van der Waals surface area (Å²) in [4.78, 5) is 15.2. The molecule has 0 radical (unpaired) electrons. The second-order valence-electron chi connectivity index (χ2n) is 6.00. The molecule has 2 aromatic heterocycles. The van der Waals surface area contributed by atoms with E-state index in [1.807, 2.05) is 50.4 Å². The number of para-hydroxylation sites is 1. The first-order valence-electron chi connectivity index (χ1n) is 8.37. The minimum atomic E-state index is 0.485. The fourth-order valence-corrected chi connectivity index (χ4v) is 2.57. The highest BCUT2D eigenvalue weighted by molar-refractivity contribution is 5.63. The van der Waals surface area contributed by atoms with Gasteiger partial charge in [-0.05, 0) is 43.2 Å². The number of pyridine rings is 1. The molecule has 0 unspecified atom stereocenters. The van der Waals surface area contributed by atoms with Gasteiger partial charge in [0.2, 0.25) is 5.95 Å². The van der Waals surface area contributed by atoms with Gasteiger partial charge in [0.25, 0.3) is 0 Å². The third-order valence-corrected chi connectivity index (χ3v) is 4.01. The number of nitriles is 1. The monoisotopic (exact) mass is 344 g/mol. The van der Waals surface area contributed by atoms with Crippen molar-refractivity contribution in [2.24, 2.45) is 0 Å². The molecule has 0 aliphatic rings. The Kier molecular flexibility index (Phi) is 5.40. The summed E-state index contributed by atoms with van der Waals surface area (Å²) in [6, 6.07) is 15.5. The Labute approximate surface area is 153 Å². The third kappa shape index (κ3) is 4.33. The topological polar surface area (TPSA) is 77.7 Å². The maximum atomic E-state index is 9.23. The Morgan fingerprint density at radius 3 is 2.65 bits per heavy atom. The quantitative estimate of drug-likeness (QED) is 0.738. The zero-order valence-corrected chi connectivity index (χ0v) is 14.8. The Bertz CT molecular complexity index is 917. The lowest BCUT2D eigenvalue weighted by atomic mass is 10.2. The van der Waals surface area contributed by atoms with Crippen LogP contribution in [0.1, 0.15) is 16.8 Å². The Morgan fingerprint density at radius 2 is 1.88 bits per heavy atom. The molecule has 0 amide bonds. The van der Waals surface area contributed by atoms with E-state index in [9.17, 15) is 5.26 Å². The number of aromatic nitrogens is 3. The summed E-state index contributed by atoms with van der Waals surface area (Å²) in [5, 5.41) is 12.4. The summed E-state index contributed by atoms with van der Waals surface area (Å²) in [5.74, 6) is 1.32. The van der Waals surface area contributed by atoms with Gasteiger partial charge in [-0.15, -0.1) is 0 Å². The number of anilines is 3. The van der Waals surface area contributed by atoms with Crippen LogP contribution >= 0.6 is 0 Å². The first-order chi connectivity index (χ1) is 12.7. The molecule has 0 saturated heterocycles. The molecule has 6 nitrogen and oxygen atoms in total. The summed E-state index contributed by atoms with van der Waals surface area (Å²) in [5.41, 5.74) is 3.36. The van der Waals surface area contributed by atoms with Gasteiger partial charge in [0.15, 0.2) is 0 Å². The third-order valence-electron chi connectivity index (χ3n) is 4.01. The summed E-state index contributed by atoms with van der Waals surface area (Å²) in [6.45, 7) is 2.76. The molecule has 1 aromatic carbocycles. The molecule has 0 bridgehead atoms. The van der Waals surface area contributed by atoms with Gasteiger partial charge < -0.3 is 10.2 Å². The number of benzene rings is 1. The van der Waals surface area contributed by atoms with Crippen molar-refractivity contribution < 1.29 is 0 Å². The van der Waals surface area contributed by atoms with Crippen LogP contribution in [0.5, 0.6) is 0 Å². The van der Waals surface area contributed by atoms with Crippen molar-refractivity contribution in [2.75, 3.05) is 23.8 Å². The van der Waals surface area contributed by atoms with Crippen molar-refractivity contribution >= 4 is 17.5 Å². The molecule has 0 aliphatic carbocycles. The van der Waals surface area contributed by atoms with E-state index in [4.69, 9.17) is 0 Å². The average molecular weight is 344 g/mol. The van der Waals surface area contributed by atoms with Crippen LogP contribution in [-0.2, 0) is 6.42 Å². The zero-order chi connectivity index (χ0) is 18.4. The molecular weight excluding hydrogens is 324 g/mol. The average Bonchev–Trinajstić information content (AvgIpc) is 2.67. The Hall–Kier alpha value is -3.46. The largest absolute Gasteiger partial charge is 0.359 e. The molecule has 0 spiro atoms. The van der Waals surface area contributed by atoms with Gasteiger partial charge in [-0.1, -0.05) is 12.1 Å². The van der Waals surface area contributed by atoms with Crippen LogP contribution in [0.15, 0.2) is 54.9 Å². The first kappa shape index (κ1) is 17.4. The van der Waals surface area contributed by atoms with E-state index in [2.05, 4.69) is 31.2 Å². The predicted octanol–water partition coefficient (Wildman–Crippen LogP) is 3.47. The molecule has 1 N–H and O–H groups in total. The van der Waals surface area contributed by atoms with Crippen molar-refractivity contribution in [1.82, 2.24) is 15.0 Å². The molecular formula is C20H20N6. The summed E-state index contributed by atoms with van der Waals surface area (Å²) < 4.78 is 0. The van der Waals surface area contributed by atoms with Crippen LogP contribution in [0.3, 0.4) is 0 Å². The maximum Gasteiger partial charge on any atom is 0.229 e. The minimum absolute atomic E-state index is 0.485. The van der Waals surface area contributed by atoms with Crippen molar-refractivity contribution in [1.29, 1.82) is 5.26 Å². The molecule has 3 aromatic rings. The fourth-order valence-electron chi connectivity index (χ4n) is 2.57. The van der Waals surface area contributed by atoms with Crippen molar-refractivity contribution in [3.8, 4) is 6.07 Å². The normalized spacial score (nSPS) is 10.2. The van der Waals surface area contributed by atoms with Gasteiger partial charge in [0.1, 0.15) is 11.9 Å². The van der Waals surface area contributed by atoms with Crippen LogP contribution in [0.2, 0.25) is 0 Å². The highest BCUT2D eigenvalue weighted by Gasteiger charge is 2.09. The lowest BCUT2D eigenvalue weighted by molar-refractivity contribution is 0.853. The van der Waals surface area contributed by atoms with Crippen LogP contribution < -0.4 is 10.2 Å². The second kappa shape index (κ2) is 8.08. The highest BCUT2D eigenvalue weighted by atomic mass is 15.2. The molecule has 0 atom stereocenters. The van der Waals surface area contributed by atoms with E-state index in [-0.39, 0.29) is 0 Å². The van der Waals surface area contributed by atoms with E-state index in [0.717, 1.165) is 24.5 Å².